The Balaban J connectivity index is 2.20. The first-order chi connectivity index (χ1) is 8.11. The second kappa shape index (κ2) is 7.90. The number of aliphatic hydroxyl groups is 1. The number of hydrogen-bond donors (Lipinski definition) is 3. The topological polar surface area (TPSA) is 44.3 Å². The van der Waals surface area contributed by atoms with Crippen molar-refractivity contribution in [2.24, 2.45) is 0 Å². The molecule has 0 saturated heterocycles. The zero-order chi connectivity index (χ0) is 12.7. The molecule has 0 aliphatic heterocycles. The fourth-order valence-electron chi connectivity index (χ4n) is 1.40. The molecule has 0 aromatic heterocycles. The summed E-state index contributed by atoms with van der Waals surface area (Å²) in [5.41, 5.74) is 0.995. The number of rotatable bonds is 7. The molecule has 0 bridgehead atoms. The van der Waals surface area contributed by atoms with Crippen LogP contribution in [0.2, 0.25) is 10.0 Å². The van der Waals surface area contributed by atoms with Crippen LogP contribution in [-0.4, -0.2) is 30.8 Å². The van der Waals surface area contributed by atoms with E-state index in [1.165, 1.54) is 0 Å². The maximum absolute atomic E-state index is 9.04. The van der Waals surface area contributed by atoms with Crippen LogP contribution in [0.5, 0.6) is 0 Å². The van der Waals surface area contributed by atoms with Crippen molar-refractivity contribution in [3.05, 3.63) is 33.8 Å². The molecular weight excluding hydrogens is 259 g/mol. The van der Waals surface area contributed by atoms with Gasteiger partial charge in [0.05, 0.1) is 16.1 Å². The molecule has 96 valence electrons. The molecule has 0 aliphatic carbocycles. The first-order valence-corrected chi connectivity index (χ1v) is 6.39. The van der Waals surface area contributed by atoms with E-state index in [1.807, 2.05) is 12.1 Å². The molecule has 0 amide bonds. The molecule has 0 saturated carbocycles. The van der Waals surface area contributed by atoms with Crippen molar-refractivity contribution in [2.45, 2.75) is 19.6 Å². The van der Waals surface area contributed by atoms with Crippen LogP contribution in [-0.2, 0) is 6.54 Å². The number of halogens is 2. The van der Waals surface area contributed by atoms with Gasteiger partial charge in [-0.2, -0.15) is 0 Å². The molecule has 0 aliphatic rings. The van der Waals surface area contributed by atoms with E-state index in [1.54, 1.807) is 13.0 Å². The van der Waals surface area contributed by atoms with E-state index in [0.29, 0.717) is 23.1 Å². The molecule has 0 fully saturated rings. The molecule has 0 unspecified atom stereocenters. The summed E-state index contributed by atoms with van der Waals surface area (Å²) in [5, 5.41) is 16.6. The monoisotopic (exact) mass is 276 g/mol. The van der Waals surface area contributed by atoms with Gasteiger partial charge in [0.1, 0.15) is 0 Å². The lowest BCUT2D eigenvalue weighted by atomic mass is 10.2. The first-order valence-electron chi connectivity index (χ1n) is 5.63. The fraction of sp³-hybridized carbons (Fsp3) is 0.500. The third kappa shape index (κ3) is 5.70. The quantitative estimate of drug-likeness (QED) is 0.668. The van der Waals surface area contributed by atoms with Crippen LogP contribution in [0, 0.1) is 0 Å². The van der Waals surface area contributed by atoms with Crippen LogP contribution < -0.4 is 10.6 Å². The highest BCUT2D eigenvalue weighted by atomic mass is 35.5. The first kappa shape index (κ1) is 14.7. The molecule has 1 rings (SSSR count). The molecule has 1 aromatic carbocycles. The molecular formula is C12H18Cl2N2O. The summed E-state index contributed by atoms with van der Waals surface area (Å²) in [6, 6.07) is 5.61. The van der Waals surface area contributed by atoms with Gasteiger partial charge in [0.15, 0.2) is 0 Å². The standard InChI is InChI=1S/C12H18Cl2N2O/c1-9(17)7-15-5-6-16-8-10-3-2-4-11(13)12(10)14/h2-4,9,15-17H,5-8H2,1H3/t9-/m1/s1. The van der Waals surface area contributed by atoms with Crippen molar-refractivity contribution in [2.75, 3.05) is 19.6 Å². The van der Waals surface area contributed by atoms with Crippen LogP contribution in [0.4, 0.5) is 0 Å². The van der Waals surface area contributed by atoms with E-state index in [9.17, 15) is 0 Å². The molecule has 5 heteroatoms. The third-order valence-corrected chi connectivity index (χ3v) is 3.12. The Labute approximate surface area is 112 Å². The molecule has 3 nitrogen and oxygen atoms in total. The Hall–Kier alpha value is -0.320. The lowest BCUT2D eigenvalue weighted by molar-refractivity contribution is 0.191. The molecule has 1 aromatic rings. The zero-order valence-electron chi connectivity index (χ0n) is 9.84. The summed E-state index contributed by atoms with van der Waals surface area (Å²) in [6.45, 7) is 4.68. The Kier molecular flexibility index (Phi) is 6.85. The highest BCUT2D eigenvalue weighted by Crippen LogP contribution is 2.25. The van der Waals surface area contributed by atoms with Crippen LogP contribution in [0.1, 0.15) is 12.5 Å². The minimum atomic E-state index is -0.308. The van der Waals surface area contributed by atoms with Crippen molar-refractivity contribution in [1.29, 1.82) is 0 Å². The van der Waals surface area contributed by atoms with E-state index in [-0.39, 0.29) is 6.10 Å². The number of hydrogen-bond acceptors (Lipinski definition) is 3. The van der Waals surface area contributed by atoms with E-state index < -0.39 is 0 Å². The smallest absolute Gasteiger partial charge is 0.0637 e. The number of aliphatic hydroxyl groups excluding tert-OH is 1. The minimum absolute atomic E-state index is 0.308. The maximum atomic E-state index is 9.04. The number of nitrogens with one attached hydrogen (secondary N) is 2. The fourth-order valence-corrected chi connectivity index (χ4v) is 1.78. The highest BCUT2D eigenvalue weighted by molar-refractivity contribution is 6.42. The summed E-state index contributed by atoms with van der Waals surface area (Å²) in [5.74, 6) is 0. The molecule has 1 atom stereocenters. The summed E-state index contributed by atoms with van der Waals surface area (Å²) < 4.78 is 0. The highest BCUT2D eigenvalue weighted by Gasteiger charge is 2.03. The third-order valence-electron chi connectivity index (χ3n) is 2.27. The van der Waals surface area contributed by atoms with E-state index in [0.717, 1.165) is 18.7 Å². The molecule has 17 heavy (non-hydrogen) atoms. The molecule has 0 spiro atoms. The Morgan fingerprint density at radius 1 is 1.24 bits per heavy atom. The van der Waals surface area contributed by atoms with E-state index >= 15 is 0 Å². The van der Waals surface area contributed by atoms with Gasteiger partial charge < -0.3 is 15.7 Å². The van der Waals surface area contributed by atoms with Crippen molar-refractivity contribution in [3.63, 3.8) is 0 Å². The summed E-state index contributed by atoms with van der Waals surface area (Å²) in [4.78, 5) is 0. The largest absolute Gasteiger partial charge is 0.392 e. The van der Waals surface area contributed by atoms with E-state index in [4.69, 9.17) is 28.3 Å². The zero-order valence-corrected chi connectivity index (χ0v) is 11.4. The van der Waals surface area contributed by atoms with Crippen LogP contribution in [0.25, 0.3) is 0 Å². The lowest BCUT2D eigenvalue weighted by Gasteiger charge is -2.09. The van der Waals surface area contributed by atoms with Crippen molar-refractivity contribution in [3.8, 4) is 0 Å². The maximum Gasteiger partial charge on any atom is 0.0637 e. The van der Waals surface area contributed by atoms with Crippen molar-refractivity contribution < 1.29 is 5.11 Å². The lowest BCUT2D eigenvalue weighted by Crippen LogP contribution is -2.31. The second-order valence-corrected chi connectivity index (χ2v) is 4.73. The minimum Gasteiger partial charge on any atom is -0.392 e. The summed E-state index contributed by atoms with van der Waals surface area (Å²) >= 11 is 12.0. The number of benzene rings is 1. The van der Waals surface area contributed by atoms with Gasteiger partial charge in [-0.3, -0.25) is 0 Å². The van der Waals surface area contributed by atoms with Gasteiger partial charge in [-0.15, -0.1) is 0 Å². The van der Waals surface area contributed by atoms with Crippen molar-refractivity contribution in [1.82, 2.24) is 10.6 Å². The summed E-state index contributed by atoms with van der Waals surface area (Å²) in [7, 11) is 0. The Bertz CT molecular complexity index is 345. The van der Waals surface area contributed by atoms with Crippen LogP contribution in [0.3, 0.4) is 0 Å². The van der Waals surface area contributed by atoms with Gasteiger partial charge in [-0.1, -0.05) is 35.3 Å². The normalized spacial score (nSPS) is 12.7. The van der Waals surface area contributed by atoms with Gasteiger partial charge in [0, 0.05) is 26.2 Å². The van der Waals surface area contributed by atoms with Gasteiger partial charge in [0.25, 0.3) is 0 Å². The average molecular weight is 277 g/mol. The van der Waals surface area contributed by atoms with Crippen LogP contribution >= 0.6 is 23.2 Å². The average Bonchev–Trinajstić information content (AvgIpc) is 2.28. The Morgan fingerprint density at radius 3 is 2.65 bits per heavy atom. The van der Waals surface area contributed by atoms with Crippen molar-refractivity contribution >= 4 is 23.2 Å². The molecule has 3 N–H and O–H groups in total. The Morgan fingerprint density at radius 2 is 1.94 bits per heavy atom. The predicted octanol–water partition coefficient (Wildman–Crippen LogP) is 2.05. The second-order valence-electron chi connectivity index (χ2n) is 3.94. The van der Waals surface area contributed by atoms with Gasteiger partial charge in [-0.25, -0.2) is 0 Å². The predicted molar refractivity (Wildman–Crippen MR) is 72.7 cm³/mol. The van der Waals surface area contributed by atoms with Gasteiger partial charge in [0.2, 0.25) is 0 Å². The molecule has 0 heterocycles. The van der Waals surface area contributed by atoms with Crippen LogP contribution in [0.15, 0.2) is 18.2 Å². The van der Waals surface area contributed by atoms with Gasteiger partial charge >= 0.3 is 0 Å². The van der Waals surface area contributed by atoms with E-state index in [2.05, 4.69) is 10.6 Å². The molecule has 0 radical (unpaired) electrons. The van der Waals surface area contributed by atoms with Gasteiger partial charge in [-0.05, 0) is 18.6 Å². The summed E-state index contributed by atoms with van der Waals surface area (Å²) in [6.07, 6.45) is -0.308. The SMILES string of the molecule is C[C@@H](O)CNCCNCc1cccc(Cl)c1Cl.